The minimum absolute atomic E-state index is 0.200. The smallest absolute Gasteiger partial charge is 0.255 e. The number of carbonyl (C=O) groups is 1. The largest absolute Gasteiger partial charge is 0.493 e. The molecule has 0 spiro atoms. The van der Waals surface area contributed by atoms with Crippen molar-refractivity contribution < 1.29 is 18.7 Å². The monoisotopic (exact) mass is 337 g/mol. The molecule has 2 aromatic carbocycles. The molecular formula is C20H19NO4. The molecule has 5 heteroatoms. The van der Waals surface area contributed by atoms with Crippen LogP contribution < -0.4 is 14.8 Å². The number of rotatable bonds is 5. The lowest BCUT2D eigenvalue weighted by Gasteiger charge is -2.10. The first-order valence-corrected chi connectivity index (χ1v) is 7.79. The summed E-state index contributed by atoms with van der Waals surface area (Å²) in [6.07, 6.45) is 1.70. The van der Waals surface area contributed by atoms with Gasteiger partial charge < -0.3 is 19.2 Å². The molecule has 25 heavy (non-hydrogen) atoms. The Morgan fingerprint density at radius 3 is 2.28 bits per heavy atom. The van der Waals surface area contributed by atoms with Crippen molar-refractivity contribution in [1.29, 1.82) is 0 Å². The molecule has 3 aromatic rings. The molecule has 0 aliphatic carbocycles. The standard InChI is InChI=1S/C20H19NO4/c1-13-10-18(25-12-13)14-4-6-15(7-5-14)20(22)21-16-8-9-17(23-2)19(11-16)24-3/h4-12H,1-3H3,(H,21,22). The SMILES string of the molecule is COc1ccc(NC(=O)c2ccc(-c3cc(C)co3)cc2)cc1OC. The van der Waals surface area contributed by atoms with E-state index < -0.39 is 0 Å². The number of hydrogen-bond donors (Lipinski definition) is 1. The van der Waals surface area contributed by atoms with Gasteiger partial charge in [-0.25, -0.2) is 0 Å². The highest BCUT2D eigenvalue weighted by atomic mass is 16.5. The van der Waals surface area contributed by atoms with Gasteiger partial charge in [-0.15, -0.1) is 0 Å². The summed E-state index contributed by atoms with van der Waals surface area (Å²) in [5, 5.41) is 2.85. The highest BCUT2D eigenvalue weighted by Gasteiger charge is 2.10. The van der Waals surface area contributed by atoms with Crippen LogP contribution in [0.15, 0.2) is 59.2 Å². The number of ether oxygens (including phenoxy) is 2. The zero-order valence-electron chi connectivity index (χ0n) is 14.3. The van der Waals surface area contributed by atoms with E-state index in [9.17, 15) is 4.79 Å². The highest BCUT2D eigenvalue weighted by molar-refractivity contribution is 6.04. The Kier molecular flexibility index (Phi) is 4.75. The highest BCUT2D eigenvalue weighted by Crippen LogP contribution is 2.30. The van der Waals surface area contributed by atoms with Crippen LogP contribution in [0.1, 0.15) is 15.9 Å². The molecule has 0 unspecified atom stereocenters. The average molecular weight is 337 g/mol. The second kappa shape index (κ2) is 7.13. The van der Waals surface area contributed by atoms with E-state index in [1.54, 1.807) is 50.8 Å². The van der Waals surface area contributed by atoms with Crippen LogP contribution >= 0.6 is 0 Å². The maximum Gasteiger partial charge on any atom is 0.255 e. The normalized spacial score (nSPS) is 10.4. The van der Waals surface area contributed by atoms with Crippen LogP contribution in [0.2, 0.25) is 0 Å². The van der Waals surface area contributed by atoms with Gasteiger partial charge in [0, 0.05) is 22.9 Å². The lowest BCUT2D eigenvalue weighted by atomic mass is 10.1. The number of amides is 1. The topological polar surface area (TPSA) is 60.7 Å². The summed E-state index contributed by atoms with van der Waals surface area (Å²) >= 11 is 0. The molecule has 128 valence electrons. The molecule has 0 atom stereocenters. The van der Waals surface area contributed by atoms with E-state index in [0.29, 0.717) is 22.7 Å². The zero-order chi connectivity index (χ0) is 17.8. The quantitative estimate of drug-likeness (QED) is 0.743. The number of anilines is 1. The van der Waals surface area contributed by atoms with Crippen molar-refractivity contribution in [3.8, 4) is 22.8 Å². The van der Waals surface area contributed by atoms with Crippen LogP contribution in [-0.4, -0.2) is 20.1 Å². The maximum atomic E-state index is 12.4. The second-order valence-electron chi connectivity index (χ2n) is 5.59. The fraction of sp³-hybridized carbons (Fsp3) is 0.150. The Morgan fingerprint density at radius 1 is 0.960 bits per heavy atom. The predicted octanol–water partition coefficient (Wildman–Crippen LogP) is 4.52. The minimum atomic E-state index is -0.200. The summed E-state index contributed by atoms with van der Waals surface area (Å²) in [5.41, 5.74) is 3.18. The van der Waals surface area contributed by atoms with Gasteiger partial charge in [0.25, 0.3) is 5.91 Å². The van der Waals surface area contributed by atoms with Crippen molar-refractivity contribution in [2.24, 2.45) is 0 Å². The van der Waals surface area contributed by atoms with Crippen LogP contribution in [0.25, 0.3) is 11.3 Å². The third-order valence-corrected chi connectivity index (χ3v) is 3.80. The number of hydrogen-bond acceptors (Lipinski definition) is 4. The molecule has 0 aliphatic heterocycles. The molecule has 0 saturated carbocycles. The first-order valence-electron chi connectivity index (χ1n) is 7.79. The van der Waals surface area contributed by atoms with Crippen molar-refractivity contribution in [2.45, 2.75) is 6.92 Å². The fourth-order valence-electron chi connectivity index (χ4n) is 2.49. The van der Waals surface area contributed by atoms with Gasteiger partial charge in [0.05, 0.1) is 20.5 Å². The van der Waals surface area contributed by atoms with Gasteiger partial charge in [-0.2, -0.15) is 0 Å². The number of methoxy groups -OCH3 is 2. The predicted molar refractivity (Wildman–Crippen MR) is 96.4 cm³/mol. The van der Waals surface area contributed by atoms with Gasteiger partial charge in [0.2, 0.25) is 0 Å². The van der Waals surface area contributed by atoms with Gasteiger partial charge in [-0.1, -0.05) is 12.1 Å². The lowest BCUT2D eigenvalue weighted by molar-refractivity contribution is 0.102. The Morgan fingerprint density at radius 2 is 1.68 bits per heavy atom. The van der Waals surface area contributed by atoms with E-state index in [2.05, 4.69) is 5.32 Å². The van der Waals surface area contributed by atoms with E-state index in [1.807, 2.05) is 25.1 Å². The average Bonchev–Trinajstić information content (AvgIpc) is 3.08. The van der Waals surface area contributed by atoms with Gasteiger partial charge in [-0.05, 0) is 42.8 Å². The van der Waals surface area contributed by atoms with Crippen molar-refractivity contribution >= 4 is 11.6 Å². The number of nitrogens with one attached hydrogen (secondary N) is 1. The zero-order valence-corrected chi connectivity index (χ0v) is 14.3. The van der Waals surface area contributed by atoms with Crippen LogP contribution in [0, 0.1) is 6.92 Å². The molecular weight excluding hydrogens is 318 g/mol. The summed E-state index contributed by atoms with van der Waals surface area (Å²) in [5.74, 6) is 1.75. The Bertz CT molecular complexity index is 881. The van der Waals surface area contributed by atoms with E-state index in [4.69, 9.17) is 13.9 Å². The summed E-state index contributed by atoms with van der Waals surface area (Å²) in [6, 6.07) is 14.4. The van der Waals surface area contributed by atoms with Gasteiger partial charge in [0.1, 0.15) is 5.76 Å². The van der Waals surface area contributed by atoms with Crippen LogP contribution in [0.3, 0.4) is 0 Å². The number of benzene rings is 2. The summed E-state index contributed by atoms with van der Waals surface area (Å²) in [6.45, 7) is 1.97. The van der Waals surface area contributed by atoms with Crippen LogP contribution in [0.5, 0.6) is 11.5 Å². The molecule has 0 aliphatic rings. The summed E-state index contributed by atoms with van der Waals surface area (Å²) < 4.78 is 15.9. The van der Waals surface area contributed by atoms with E-state index >= 15 is 0 Å². The van der Waals surface area contributed by atoms with Gasteiger partial charge in [0.15, 0.2) is 11.5 Å². The molecule has 1 N–H and O–H groups in total. The van der Waals surface area contributed by atoms with Crippen molar-refractivity contribution in [1.82, 2.24) is 0 Å². The molecule has 0 radical (unpaired) electrons. The number of aryl methyl sites for hydroxylation is 1. The van der Waals surface area contributed by atoms with E-state index in [-0.39, 0.29) is 5.91 Å². The molecule has 1 heterocycles. The molecule has 1 aromatic heterocycles. The van der Waals surface area contributed by atoms with E-state index in [0.717, 1.165) is 16.9 Å². The molecule has 3 rings (SSSR count). The molecule has 1 amide bonds. The van der Waals surface area contributed by atoms with Gasteiger partial charge >= 0.3 is 0 Å². The Balaban J connectivity index is 1.75. The maximum absolute atomic E-state index is 12.4. The first-order chi connectivity index (χ1) is 12.1. The minimum Gasteiger partial charge on any atom is -0.493 e. The number of furan rings is 1. The first kappa shape index (κ1) is 16.6. The number of carbonyl (C=O) groups excluding carboxylic acids is 1. The van der Waals surface area contributed by atoms with Gasteiger partial charge in [-0.3, -0.25) is 4.79 Å². The Hall–Kier alpha value is -3.21. The molecule has 0 fully saturated rings. The Labute approximate surface area is 146 Å². The molecule has 0 saturated heterocycles. The molecule has 0 bridgehead atoms. The third kappa shape index (κ3) is 3.66. The third-order valence-electron chi connectivity index (χ3n) is 3.80. The van der Waals surface area contributed by atoms with Crippen molar-refractivity contribution in [3.05, 3.63) is 65.9 Å². The van der Waals surface area contributed by atoms with E-state index in [1.165, 1.54) is 0 Å². The van der Waals surface area contributed by atoms with Crippen LogP contribution in [0.4, 0.5) is 5.69 Å². The summed E-state index contributed by atoms with van der Waals surface area (Å²) in [7, 11) is 3.12. The molecule has 5 nitrogen and oxygen atoms in total. The fourth-order valence-corrected chi connectivity index (χ4v) is 2.49. The van der Waals surface area contributed by atoms with Crippen molar-refractivity contribution in [2.75, 3.05) is 19.5 Å². The summed E-state index contributed by atoms with van der Waals surface area (Å²) in [4.78, 5) is 12.4. The second-order valence-corrected chi connectivity index (χ2v) is 5.59. The lowest BCUT2D eigenvalue weighted by Crippen LogP contribution is -2.11. The van der Waals surface area contributed by atoms with Crippen LogP contribution in [-0.2, 0) is 0 Å². The van der Waals surface area contributed by atoms with Crippen molar-refractivity contribution in [3.63, 3.8) is 0 Å².